The number of rotatable bonds is 12. The molecule has 0 unspecified atom stereocenters. The number of hydrogen-bond donors (Lipinski definition) is 3. The van der Waals surface area contributed by atoms with Gasteiger partial charge in [-0.05, 0) is 55.0 Å². The number of aromatic hydroxyl groups is 1. The Balaban J connectivity index is 1.48. The normalized spacial score (nSPS) is 11.1. The molecule has 33 heavy (non-hydrogen) atoms. The first-order valence-electron chi connectivity index (χ1n) is 11.2. The summed E-state index contributed by atoms with van der Waals surface area (Å²) in [5.41, 5.74) is 4.71. The number of nitrogens with zero attached hydrogens (tertiary/aromatic N) is 2. The summed E-state index contributed by atoms with van der Waals surface area (Å²) < 4.78 is 6.61. The van der Waals surface area contributed by atoms with Crippen LogP contribution in [0.1, 0.15) is 61.5 Å². The van der Waals surface area contributed by atoms with Crippen LogP contribution in [0.4, 0.5) is 0 Å². The Morgan fingerprint density at radius 1 is 1.12 bits per heavy atom. The number of halogens is 1. The summed E-state index contributed by atoms with van der Waals surface area (Å²) in [7, 11) is 0. The minimum Gasteiger partial charge on any atom is -0.507 e. The molecule has 1 heterocycles. The fourth-order valence-electron chi connectivity index (χ4n) is 3.23. The van der Waals surface area contributed by atoms with Crippen LogP contribution in [-0.4, -0.2) is 34.0 Å². The zero-order valence-electron chi connectivity index (χ0n) is 18.7. The molecule has 174 valence electrons. The molecule has 0 saturated heterocycles. The maximum Gasteiger partial charge on any atom is 0.289 e. The van der Waals surface area contributed by atoms with E-state index in [2.05, 4.69) is 43.6 Å². The molecule has 0 atom stereocenters. The molecule has 3 N–H and O–H groups in total. The van der Waals surface area contributed by atoms with E-state index in [1.54, 1.807) is 24.3 Å². The second-order valence-electron chi connectivity index (χ2n) is 7.71. The van der Waals surface area contributed by atoms with Gasteiger partial charge >= 0.3 is 0 Å². The van der Waals surface area contributed by atoms with Crippen LogP contribution in [0.15, 0.2) is 58.1 Å². The van der Waals surface area contributed by atoms with Gasteiger partial charge in [0.05, 0.1) is 18.5 Å². The summed E-state index contributed by atoms with van der Waals surface area (Å²) >= 11 is 3.33. The third-order valence-corrected chi connectivity index (χ3v) is 5.59. The number of unbranched alkanes of at least 4 members (excludes halogenated alkanes) is 5. The number of phenols is 1. The maximum atomic E-state index is 12.3. The van der Waals surface area contributed by atoms with Gasteiger partial charge in [-0.3, -0.25) is 9.89 Å². The van der Waals surface area contributed by atoms with Gasteiger partial charge < -0.3 is 9.84 Å². The molecule has 7 nitrogen and oxygen atoms in total. The molecular formula is C25H29BrN4O3. The van der Waals surface area contributed by atoms with Crippen molar-refractivity contribution in [1.29, 1.82) is 0 Å². The van der Waals surface area contributed by atoms with Crippen LogP contribution in [0.3, 0.4) is 0 Å². The number of benzene rings is 2. The summed E-state index contributed by atoms with van der Waals surface area (Å²) in [4.78, 5) is 12.3. The summed E-state index contributed by atoms with van der Waals surface area (Å²) in [6.45, 7) is 2.94. The SMILES string of the molecule is CCCCCCCCOc1ccc(-c2cc(C(=O)NN=Cc3cc(Br)ccc3O)[nH]n2)cc1. The molecule has 8 heteroatoms. The summed E-state index contributed by atoms with van der Waals surface area (Å²) in [6, 6.07) is 14.3. The van der Waals surface area contributed by atoms with Gasteiger partial charge in [-0.2, -0.15) is 10.2 Å². The van der Waals surface area contributed by atoms with Crippen LogP contribution in [0.5, 0.6) is 11.5 Å². The number of hydrazone groups is 1. The number of nitrogens with one attached hydrogen (secondary N) is 2. The standard InChI is InChI=1S/C25H29BrN4O3/c1-2-3-4-5-6-7-14-33-21-11-8-18(9-12-21)22-16-23(29-28-22)25(32)30-27-17-19-15-20(26)10-13-24(19)31/h8-13,15-17,31H,2-7,14H2,1H3,(H,28,29)(H,30,32). The summed E-state index contributed by atoms with van der Waals surface area (Å²) in [5, 5.41) is 20.7. The Kier molecular flexibility index (Phi) is 9.50. The molecule has 0 saturated carbocycles. The Labute approximate surface area is 202 Å². The number of H-pyrrole nitrogens is 1. The average molecular weight is 513 g/mol. The van der Waals surface area contributed by atoms with E-state index in [-0.39, 0.29) is 11.4 Å². The first-order valence-corrected chi connectivity index (χ1v) is 12.0. The summed E-state index contributed by atoms with van der Waals surface area (Å²) in [6.07, 6.45) is 8.77. The molecule has 2 aromatic carbocycles. The molecule has 0 aliphatic carbocycles. The lowest BCUT2D eigenvalue weighted by atomic mass is 10.1. The Morgan fingerprint density at radius 2 is 1.88 bits per heavy atom. The molecule has 0 fully saturated rings. The predicted molar refractivity (Wildman–Crippen MR) is 134 cm³/mol. The van der Waals surface area contributed by atoms with Crippen LogP contribution < -0.4 is 10.2 Å². The van der Waals surface area contributed by atoms with Gasteiger partial charge in [0.2, 0.25) is 0 Å². The fourth-order valence-corrected chi connectivity index (χ4v) is 3.61. The van der Waals surface area contributed by atoms with Gasteiger partial charge in [-0.25, -0.2) is 5.43 Å². The third kappa shape index (κ3) is 7.75. The third-order valence-electron chi connectivity index (χ3n) is 5.10. The second-order valence-corrected chi connectivity index (χ2v) is 8.63. The zero-order valence-corrected chi connectivity index (χ0v) is 20.3. The highest BCUT2D eigenvalue weighted by atomic mass is 79.9. The van der Waals surface area contributed by atoms with E-state index in [9.17, 15) is 9.90 Å². The first kappa shape index (κ1) is 24.5. The monoisotopic (exact) mass is 512 g/mol. The number of carbonyl (C=O) groups is 1. The second kappa shape index (κ2) is 12.8. The van der Waals surface area contributed by atoms with Gasteiger partial charge in [-0.1, -0.05) is 55.0 Å². The average Bonchev–Trinajstić information content (AvgIpc) is 3.31. The molecular weight excluding hydrogens is 484 g/mol. The lowest BCUT2D eigenvalue weighted by Crippen LogP contribution is -2.18. The van der Waals surface area contributed by atoms with E-state index >= 15 is 0 Å². The minimum atomic E-state index is -0.432. The maximum absolute atomic E-state index is 12.3. The molecule has 0 radical (unpaired) electrons. The van der Waals surface area contributed by atoms with E-state index < -0.39 is 5.91 Å². The number of amides is 1. The van der Waals surface area contributed by atoms with Crippen LogP contribution in [0.2, 0.25) is 0 Å². The molecule has 1 amide bonds. The molecule has 0 aliphatic rings. The Bertz CT molecular complexity index is 1060. The molecule has 1 aromatic heterocycles. The lowest BCUT2D eigenvalue weighted by Gasteiger charge is -2.06. The van der Waals surface area contributed by atoms with Crippen LogP contribution >= 0.6 is 15.9 Å². The van der Waals surface area contributed by atoms with Gasteiger partial charge in [0.25, 0.3) is 5.91 Å². The highest BCUT2D eigenvalue weighted by molar-refractivity contribution is 9.10. The zero-order chi connectivity index (χ0) is 23.5. The van der Waals surface area contributed by atoms with Crippen molar-refractivity contribution in [3.63, 3.8) is 0 Å². The van der Waals surface area contributed by atoms with E-state index in [4.69, 9.17) is 4.74 Å². The van der Waals surface area contributed by atoms with Crippen molar-refractivity contribution >= 4 is 28.1 Å². The van der Waals surface area contributed by atoms with Gasteiger partial charge in [0.1, 0.15) is 17.2 Å². The van der Waals surface area contributed by atoms with E-state index in [1.165, 1.54) is 38.3 Å². The van der Waals surface area contributed by atoms with Crippen molar-refractivity contribution in [1.82, 2.24) is 15.6 Å². The first-order chi connectivity index (χ1) is 16.1. The number of phenolic OH excluding ortho intramolecular Hbond substituents is 1. The van der Waals surface area contributed by atoms with E-state index in [0.29, 0.717) is 11.3 Å². The number of aromatic amines is 1. The predicted octanol–water partition coefficient (Wildman–Crippen LogP) is 6.05. The molecule has 3 aromatic rings. The van der Waals surface area contributed by atoms with Crippen molar-refractivity contribution in [2.75, 3.05) is 6.61 Å². The number of carbonyl (C=O) groups excluding carboxylic acids is 1. The van der Waals surface area contributed by atoms with Crippen molar-refractivity contribution in [3.05, 3.63) is 64.3 Å². The minimum absolute atomic E-state index is 0.0689. The van der Waals surface area contributed by atoms with E-state index in [1.807, 2.05) is 24.3 Å². The highest BCUT2D eigenvalue weighted by Gasteiger charge is 2.11. The quantitative estimate of drug-likeness (QED) is 0.156. The van der Waals surface area contributed by atoms with Crippen molar-refractivity contribution in [2.24, 2.45) is 5.10 Å². The van der Waals surface area contributed by atoms with Crippen molar-refractivity contribution < 1.29 is 14.6 Å². The molecule has 3 rings (SSSR count). The van der Waals surface area contributed by atoms with E-state index in [0.717, 1.165) is 28.8 Å². The fraction of sp³-hybridized carbons (Fsp3) is 0.320. The van der Waals surface area contributed by atoms with Crippen molar-refractivity contribution in [2.45, 2.75) is 45.4 Å². The smallest absolute Gasteiger partial charge is 0.289 e. The molecule has 0 bridgehead atoms. The van der Waals surface area contributed by atoms with Crippen LogP contribution in [-0.2, 0) is 0 Å². The largest absolute Gasteiger partial charge is 0.507 e. The van der Waals surface area contributed by atoms with Crippen LogP contribution in [0, 0.1) is 0 Å². The topological polar surface area (TPSA) is 99.6 Å². The molecule has 0 aliphatic heterocycles. The van der Waals surface area contributed by atoms with Gasteiger partial charge in [-0.15, -0.1) is 0 Å². The van der Waals surface area contributed by atoms with Gasteiger partial charge in [0, 0.05) is 15.6 Å². The molecule has 0 spiro atoms. The highest BCUT2D eigenvalue weighted by Crippen LogP contribution is 2.22. The van der Waals surface area contributed by atoms with Gasteiger partial charge in [0.15, 0.2) is 0 Å². The summed E-state index contributed by atoms with van der Waals surface area (Å²) in [5.74, 6) is 0.462. The number of ether oxygens (including phenoxy) is 1. The number of hydrogen-bond acceptors (Lipinski definition) is 5. The Morgan fingerprint density at radius 3 is 2.67 bits per heavy atom. The number of aromatic nitrogens is 2. The lowest BCUT2D eigenvalue weighted by molar-refractivity contribution is 0.0950. The van der Waals surface area contributed by atoms with Crippen molar-refractivity contribution in [3.8, 4) is 22.8 Å². The van der Waals surface area contributed by atoms with Crippen LogP contribution in [0.25, 0.3) is 11.3 Å². The Hall–Kier alpha value is -3.13.